The Morgan fingerprint density at radius 3 is 2.83 bits per heavy atom. The summed E-state index contributed by atoms with van der Waals surface area (Å²) in [5.41, 5.74) is 1.29. The summed E-state index contributed by atoms with van der Waals surface area (Å²) in [5.74, 6) is 0. The van der Waals surface area contributed by atoms with Gasteiger partial charge in [-0.05, 0) is 6.42 Å². The molecular weight excluding hydrogens is 222 g/mol. The molecule has 1 aromatic carbocycles. The average Bonchev–Trinajstić information content (AvgIpc) is 2.93. The molecule has 2 aliphatic rings. The third-order valence-corrected chi connectivity index (χ3v) is 5.08. The molecule has 1 aromatic rings. The quantitative estimate of drug-likeness (QED) is 0.743. The molecule has 3 unspecified atom stereocenters. The molecule has 3 atom stereocenters. The lowest BCUT2D eigenvalue weighted by atomic mass is 9.83. The van der Waals surface area contributed by atoms with Crippen LogP contribution < -0.4 is 0 Å². The SMILES string of the molecule is CCC1CC2([C]=O)CC[N+]1(Cc1ccccc1)C2. The fourth-order valence-corrected chi connectivity index (χ4v) is 4.19. The minimum atomic E-state index is -0.116. The first-order valence-electron chi connectivity index (χ1n) is 7.01. The minimum Gasteiger partial charge on any atom is -0.317 e. The van der Waals surface area contributed by atoms with Gasteiger partial charge in [-0.15, -0.1) is 0 Å². The van der Waals surface area contributed by atoms with Crippen molar-refractivity contribution in [2.24, 2.45) is 5.41 Å². The second-order valence-corrected chi connectivity index (χ2v) is 6.14. The van der Waals surface area contributed by atoms with Crippen LogP contribution in [-0.4, -0.2) is 29.9 Å². The first kappa shape index (κ1) is 11.9. The number of hydrogen-bond donors (Lipinski definition) is 0. The van der Waals surface area contributed by atoms with Crippen LogP contribution in [-0.2, 0) is 11.3 Å². The van der Waals surface area contributed by atoms with Gasteiger partial charge in [-0.25, -0.2) is 0 Å². The number of rotatable bonds is 4. The average molecular weight is 243 g/mol. The molecule has 0 saturated carbocycles. The van der Waals surface area contributed by atoms with Gasteiger partial charge < -0.3 is 4.48 Å². The maximum Gasteiger partial charge on any atom is 0.211 e. The Balaban J connectivity index is 1.87. The monoisotopic (exact) mass is 243 g/mol. The van der Waals surface area contributed by atoms with Crippen LogP contribution >= 0.6 is 0 Å². The number of quaternary nitrogens is 1. The van der Waals surface area contributed by atoms with Crippen LogP contribution in [0.1, 0.15) is 31.7 Å². The van der Waals surface area contributed by atoms with Gasteiger partial charge in [0.15, 0.2) is 0 Å². The van der Waals surface area contributed by atoms with E-state index in [1.807, 2.05) is 0 Å². The van der Waals surface area contributed by atoms with E-state index in [0.717, 1.165) is 37.0 Å². The predicted octanol–water partition coefficient (Wildman–Crippen LogP) is 2.69. The molecule has 2 heteroatoms. The maximum atomic E-state index is 11.3. The van der Waals surface area contributed by atoms with E-state index in [0.29, 0.717) is 6.04 Å². The van der Waals surface area contributed by atoms with Crippen LogP contribution in [0.4, 0.5) is 0 Å². The van der Waals surface area contributed by atoms with Crippen molar-refractivity contribution in [3.05, 3.63) is 35.9 Å². The zero-order valence-electron chi connectivity index (χ0n) is 11.1. The van der Waals surface area contributed by atoms with Gasteiger partial charge in [0.1, 0.15) is 6.54 Å². The molecule has 0 amide bonds. The lowest BCUT2D eigenvalue weighted by Gasteiger charge is -2.38. The molecule has 0 aromatic heterocycles. The van der Waals surface area contributed by atoms with Crippen molar-refractivity contribution < 1.29 is 9.28 Å². The molecular formula is C16H21NO+. The topological polar surface area (TPSA) is 17.1 Å². The van der Waals surface area contributed by atoms with Crippen LogP contribution in [0.15, 0.2) is 30.3 Å². The molecule has 2 heterocycles. The van der Waals surface area contributed by atoms with Crippen molar-refractivity contribution in [2.75, 3.05) is 13.1 Å². The van der Waals surface area contributed by atoms with Gasteiger partial charge in [0, 0.05) is 18.4 Å². The van der Waals surface area contributed by atoms with Crippen LogP contribution in [0.2, 0.25) is 0 Å². The van der Waals surface area contributed by atoms with Crippen molar-refractivity contribution in [1.82, 2.24) is 0 Å². The van der Waals surface area contributed by atoms with Crippen molar-refractivity contribution >= 4 is 6.29 Å². The molecule has 0 aliphatic carbocycles. The number of fused-ring (bicyclic) bond motifs is 2. The van der Waals surface area contributed by atoms with Crippen LogP contribution in [0.5, 0.6) is 0 Å². The minimum absolute atomic E-state index is 0.116. The second-order valence-electron chi connectivity index (χ2n) is 6.14. The summed E-state index contributed by atoms with van der Waals surface area (Å²) in [5, 5.41) is 0. The molecule has 0 spiro atoms. The lowest BCUT2D eigenvalue weighted by molar-refractivity contribution is -0.945. The first-order chi connectivity index (χ1) is 8.72. The summed E-state index contributed by atoms with van der Waals surface area (Å²) >= 11 is 0. The smallest absolute Gasteiger partial charge is 0.211 e. The van der Waals surface area contributed by atoms with E-state index in [4.69, 9.17) is 0 Å². The second kappa shape index (κ2) is 4.20. The van der Waals surface area contributed by atoms with Gasteiger partial charge >= 0.3 is 0 Å². The summed E-state index contributed by atoms with van der Waals surface area (Å²) in [7, 11) is 0. The zero-order valence-corrected chi connectivity index (χ0v) is 11.1. The standard InChI is InChI=1S/C16H21NO/c1-2-15-10-16(13-18)8-9-17(15,12-16)11-14-6-4-3-5-7-14/h3-7,15H,2,8-12H2,1H3/q+1. The summed E-state index contributed by atoms with van der Waals surface area (Å²) in [6.07, 6.45) is 5.65. The Morgan fingerprint density at radius 1 is 1.39 bits per heavy atom. The molecule has 2 bridgehead atoms. The third-order valence-electron chi connectivity index (χ3n) is 5.08. The maximum absolute atomic E-state index is 11.3. The van der Waals surface area contributed by atoms with Crippen molar-refractivity contribution in [3.8, 4) is 0 Å². The lowest BCUT2D eigenvalue weighted by Crippen LogP contribution is -2.49. The van der Waals surface area contributed by atoms with E-state index >= 15 is 0 Å². The Hall–Kier alpha value is -1.15. The molecule has 2 fully saturated rings. The Morgan fingerprint density at radius 2 is 2.17 bits per heavy atom. The summed E-state index contributed by atoms with van der Waals surface area (Å²) in [6, 6.07) is 11.4. The Kier molecular flexibility index (Phi) is 2.78. The van der Waals surface area contributed by atoms with Crippen molar-refractivity contribution in [3.63, 3.8) is 0 Å². The highest BCUT2D eigenvalue weighted by atomic mass is 16.1. The highest BCUT2D eigenvalue weighted by molar-refractivity contribution is 5.61. The normalized spacial score (nSPS) is 37.9. The van der Waals surface area contributed by atoms with Gasteiger partial charge in [-0.3, -0.25) is 4.79 Å². The Labute approximate surface area is 109 Å². The molecule has 1 radical (unpaired) electrons. The molecule has 95 valence electrons. The van der Waals surface area contributed by atoms with Crippen LogP contribution in [0, 0.1) is 5.41 Å². The van der Waals surface area contributed by atoms with E-state index < -0.39 is 0 Å². The third kappa shape index (κ3) is 1.71. The molecule has 2 saturated heterocycles. The fraction of sp³-hybridized carbons (Fsp3) is 0.562. The Bertz CT molecular complexity index is 444. The van der Waals surface area contributed by atoms with Gasteiger partial charge in [-0.2, -0.15) is 0 Å². The van der Waals surface area contributed by atoms with Crippen LogP contribution in [0.3, 0.4) is 0 Å². The molecule has 2 nitrogen and oxygen atoms in total. The molecule has 18 heavy (non-hydrogen) atoms. The number of benzene rings is 1. The van der Waals surface area contributed by atoms with E-state index in [9.17, 15) is 4.79 Å². The van der Waals surface area contributed by atoms with E-state index in [2.05, 4.69) is 43.5 Å². The highest BCUT2D eigenvalue weighted by Crippen LogP contribution is 2.50. The fourth-order valence-electron chi connectivity index (χ4n) is 4.19. The summed E-state index contributed by atoms with van der Waals surface area (Å²) < 4.78 is 1.12. The number of carbonyl (C=O) groups excluding carboxylic acids is 1. The van der Waals surface area contributed by atoms with E-state index in [1.54, 1.807) is 0 Å². The van der Waals surface area contributed by atoms with Gasteiger partial charge in [0.2, 0.25) is 6.29 Å². The zero-order chi connectivity index (χ0) is 12.6. The molecule has 3 rings (SSSR count). The van der Waals surface area contributed by atoms with Crippen molar-refractivity contribution in [1.29, 1.82) is 0 Å². The first-order valence-corrected chi connectivity index (χ1v) is 7.01. The van der Waals surface area contributed by atoms with Gasteiger partial charge in [0.05, 0.1) is 24.5 Å². The largest absolute Gasteiger partial charge is 0.317 e. The number of hydrogen-bond acceptors (Lipinski definition) is 1. The number of piperidine rings is 1. The predicted molar refractivity (Wildman–Crippen MR) is 71.6 cm³/mol. The molecule has 0 N–H and O–H groups in total. The van der Waals surface area contributed by atoms with E-state index in [-0.39, 0.29) is 5.41 Å². The number of nitrogens with zero attached hydrogens (tertiary/aromatic N) is 1. The summed E-state index contributed by atoms with van der Waals surface area (Å²) in [4.78, 5) is 11.3. The summed E-state index contributed by atoms with van der Waals surface area (Å²) in [6.45, 7) is 5.52. The van der Waals surface area contributed by atoms with Crippen LogP contribution in [0.25, 0.3) is 0 Å². The van der Waals surface area contributed by atoms with Gasteiger partial charge in [-0.1, -0.05) is 37.3 Å². The highest BCUT2D eigenvalue weighted by Gasteiger charge is 2.60. The van der Waals surface area contributed by atoms with Crippen molar-refractivity contribution in [2.45, 2.75) is 38.8 Å². The molecule has 2 aliphatic heterocycles. The van der Waals surface area contributed by atoms with E-state index in [1.165, 1.54) is 12.0 Å². The van der Waals surface area contributed by atoms with Gasteiger partial charge in [0.25, 0.3) is 0 Å².